The maximum absolute atomic E-state index is 10.2. The van der Waals surface area contributed by atoms with E-state index in [2.05, 4.69) is 12.6 Å². The first-order valence-corrected chi connectivity index (χ1v) is 2.69. The van der Waals surface area contributed by atoms with Gasteiger partial charge in [0, 0.05) is 0 Å². The first-order chi connectivity index (χ1) is 4.04. The molecule has 0 saturated carbocycles. The average Bonchev–Trinajstić information content (AvgIpc) is 1.63. The topological polar surface area (TPSA) is 80.4 Å². The summed E-state index contributed by atoms with van der Waals surface area (Å²) >= 11 is 3.34. The van der Waals surface area contributed by atoms with Crippen molar-refractivity contribution in [3.63, 3.8) is 0 Å². The van der Waals surface area contributed by atoms with Gasteiger partial charge in [-0.1, -0.05) is 0 Å². The lowest BCUT2D eigenvalue weighted by atomic mass is 10.2. The highest BCUT2D eigenvalue weighted by Gasteiger charge is 2.12. The smallest absolute Gasteiger partial charge is 0.305 e. The Morgan fingerprint density at radius 2 is 2.11 bits per heavy atom. The second-order valence-electron chi connectivity index (χ2n) is 1.54. The summed E-state index contributed by atoms with van der Waals surface area (Å²) in [6.07, 6.45) is -0.359. The number of aliphatic carboxylic acids is 1. The fraction of sp³-hybridized carbons (Fsp3) is 0.500. The molecule has 52 valence electrons. The molecule has 0 aliphatic carbocycles. The number of hydrogen-bond donors (Lipinski definition) is 3. The van der Waals surface area contributed by atoms with Crippen molar-refractivity contribution in [2.24, 2.45) is 5.73 Å². The van der Waals surface area contributed by atoms with Crippen LogP contribution in [0.4, 0.5) is 0 Å². The van der Waals surface area contributed by atoms with Crippen molar-refractivity contribution >= 4 is 23.7 Å². The van der Waals surface area contributed by atoms with Crippen LogP contribution in [0.25, 0.3) is 0 Å². The summed E-state index contributed by atoms with van der Waals surface area (Å²) in [4.78, 5) is 20.0. The third-order valence-electron chi connectivity index (χ3n) is 0.712. The van der Waals surface area contributed by atoms with Gasteiger partial charge < -0.3 is 10.8 Å². The lowest BCUT2D eigenvalue weighted by Crippen LogP contribution is -2.29. The Labute approximate surface area is 57.4 Å². The highest BCUT2D eigenvalue weighted by molar-refractivity contribution is 7.96. The second kappa shape index (κ2) is 3.47. The quantitative estimate of drug-likeness (QED) is 0.461. The van der Waals surface area contributed by atoms with E-state index >= 15 is 0 Å². The normalized spacial score (nSPS) is 12.7. The first kappa shape index (κ1) is 8.45. The first-order valence-electron chi connectivity index (χ1n) is 2.24. The number of rotatable bonds is 3. The third-order valence-corrected chi connectivity index (χ3v) is 1.04. The Morgan fingerprint density at radius 1 is 1.67 bits per heavy atom. The average molecular weight is 149 g/mol. The number of carbonyl (C=O) groups is 2. The van der Waals surface area contributed by atoms with Gasteiger partial charge >= 0.3 is 5.97 Å². The van der Waals surface area contributed by atoms with E-state index in [4.69, 9.17) is 10.8 Å². The van der Waals surface area contributed by atoms with Crippen LogP contribution in [0.3, 0.4) is 0 Å². The zero-order chi connectivity index (χ0) is 7.44. The monoisotopic (exact) mass is 149 g/mol. The van der Waals surface area contributed by atoms with Crippen molar-refractivity contribution < 1.29 is 14.7 Å². The Bertz CT molecular complexity index is 136. The van der Waals surface area contributed by atoms with Crippen LogP contribution in [-0.2, 0) is 9.59 Å². The van der Waals surface area contributed by atoms with E-state index in [-0.39, 0.29) is 6.42 Å². The molecule has 0 aliphatic rings. The highest BCUT2D eigenvalue weighted by Crippen LogP contribution is 1.92. The van der Waals surface area contributed by atoms with Crippen LogP contribution in [0.1, 0.15) is 6.42 Å². The molecule has 4 nitrogen and oxygen atoms in total. The summed E-state index contributed by atoms with van der Waals surface area (Å²) in [5, 5.41) is 7.47. The van der Waals surface area contributed by atoms with Crippen LogP contribution in [0, 0.1) is 0 Å². The minimum atomic E-state index is -1.09. The van der Waals surface area contributed by atoms with Crippen LogP contribution in [-0.4, -0.2) is 22.2 Å². The zero-order valence-electron chi connectivity index (χ0n) is 4.57. The van der Waals surface area contributed by atoms with E-state index in [0.717, 1.165) is 0 Å². The molecule has 0 aliphatic heterocycles. The van der Waals surface area contributed by atoms with E-state index in [1.807, 2.05) is 0 Å². The number of carbonyl (C=O) groups excluding carboxylic acids is 1. The molecule has 0 amide bonds. The zero-order valence-corrected chi connectivity index (χ0v) is 5.47. The van der Waals surface area contributed by atoms with Gasteiger partial charge in [-0.2, -0.15) is 0 Å². The van der Waals surface area contributed by atoms with E-state index in [1.54, 1.807) is 0 Å². The number of thiol groups is 1. The molecule has 3 N–H and O–H groups in total. The number of nitrogens with two attached hydrogens (primary N) is 1. The largest absolute Gasteiger partial charge is 0.481 e. The molecule has 0 fully saturated rings. The molecule has 0 heterocycles. The van der Waals surface area contributed by atoms with Gasteiger partial charge in [0.2, 0.25) is 5.12 Å². The van der Waals surface area contributed by atoms with Gasteiger partial charge in [-0.3, -0.25) is 9.59 Å². The van der Waals surface area contributed by atoms with Gasteiger partial charge in [0.1, 0.15) is 0 Å². The molecule has 5 heteroatoms. The summed E-state index contributed by atoms with van der Waals surface area (Å²) < 4.78 is 0. The molecular weight excluding hydrogens is 142 g/mol. The van der Waals surface area contributed by atoms with E-state index in [1.165, 1.54) is 0 Å². The molecule has 0 spiro atoms. The van der Waals surface area contributed by atoms with Crippen molar-refractivity contribution in [3.8, 4) is 0 Å². The maximum Gasteiger partial charge on any atom is 0.305 e. The summed E-state index contributed by atoms with van der Waals surface area (Å²) in [7, 11) is 0. The van der Waals surface area contributed by atoms with E-state index < -0.39 is 17.1 Å². The van der Waals surface area contributed by atoms with Crippen molar-refractivity contribution in [3.05, 3.63) is 0 Å². The van der Waals surface area contributed by atoms with E-state index in [0.29, 0.717) is 0 Å². The Hall–Kier alpha value is -0.550. The van der Waals surface area contributed by atoms with E-state index in [9.17, 15) is 9.59 Å². The van der Waals surface area contributed by atoms with Crippen LogP contribution in [0.5, 0.6) is 0 Å². The maximum atomic E-state index is 10.2. The van der Waals surface area contributed by atoms with Crippen molar-refractivity contribution in [1.82, 2.24) is 0 Å². The molecular formula is C4H7NO3S. The fourth-order valence-electron chi connectivity index (χ4n) is 0.275. The number of hydrogen-bond acceptors (Lipinski definition) is 3. The van der Waals surface area contributed by atoms with Crippen LogP contribution in [0.2, 0.25) is 0 Å². The molecule has 0 rings (SSSR count). The van der Waals surface area contributed by atoms with Gasteiger partial charge in [0.25, 0.3) is 0 Å². The molecule has 0 bridgehead atoms. The minimum Gasteiger partial charge on any atom is -0.481 e. The lowest BCUT2D eigenvalue weighted by molar-refractivity contribution is -0.138. The molecule has 1 unspecified atom stereocenters. The number of carboxylic acid groups (broad SMARTS) is 1. The summed E-state index contributed by atoms with van der Waals surface area (Å²) in [6, 6.07) is -0.981. The molecule has 0 aromatic rings. The Morgan fingerprint density at radius 3 is 2.22 bits per heavy atom. The SMILES string of the molecule is NC(CC(=O)O)C(=O)S. The predicted octanol–water partition coefficient (Wildman–Crippen LogP) is -0.755. The van der Waals surface area contributed by atoms with Crippen molar-refractivity contribution in [2.45, 2.75) is 12.5 Å². The predicted molar refractivity (Wildman–Crippen MR) is 34.2 cm³/mol. The van der Waals surface area contributed by atoms with Crippen LogP contribution in [0.15, 0.2) is 0 Å². The molecule has 0 aromatic heterocycles. The molecule has 9 heavy (non-hydrogen) atoms. The highest BCUT2D eigenvalue weighted by atomic mass is 32.1. The third kappa shape index (κ3) is 3.99. The van der Waals surface area contributed by atoms with Crippen LogP contribution >= 0.6 is 12.6 Å². The molecule has 0 aromatic carbocycles. The van der Waals surface area contributed by atoms with Crippen molar-refractivity contribution in [2.75, 3.05) is 0 Å². The standard InChI is InChI=1S/C4H7NO3S/c5-2(4(8)9)1-3(6)7/h2H,1,5H2,(H,6,7)(H,8,9). The Kier molecular flexibility index (Phi) is 3.26. The molecule has 0 saturated heterocycles. The summed E-state index contributed by atoms with van der Waals surface area (Å²) in [6.45, 7) is 0. The number of carboxylic acids is 1. The van der Waals surface area contributed by atoms with Gasteiger partial charge in [-0.15, -0.1) is 12.6 Å². The second-order valence-corrected chi connectivity index (χ2v) is 1.98. The van der Waals surface area contributed by atoms with Crippen LogP contribution < -0.4 is 5.73 Å². The van der Waals surface area contributed by atoms with Gasteiger partial charge in [-0.25, -0.2) is 0 Å². The Balaban J connectivity index is 3.63. The van der Waals surface area contributed by atoms with Gasteiger partial charge in [-0.05, 0) is 0 Å². The van der Waals surface area contributed by atoms with Gasteiger partial charge in [0.15, 0.2) is 0 Å². The van der Waals surface area contributed by atoms with Gasteiger partial charge in [0.05, 0.1) is 12.5 Å². The van der Waals surface area contributed by atoms with Crippen molar-refractivity contribution in [1.29, 1.82) is 0 Å². The minimum absolute atomic E-state index is 0.359. The molecule has 1 atom stereocenters. The molecule has 0 radical (unpaired) electrons. The summed E-state index contributed by atoms with van der Waals surface area (Å²) in [5.41, 5.74) is 5.01. The summed E-state index contributed by atoms with van der Waals surface area (Å²) in [5.74, 6) is -1.09. The lowest BCUT2D eigenvalue weighted by Gasteiger charge is -1.99. The fourth-order valence-corrected chi connectivity index (χ4v) is 0.367.